The molecule has 2 rings (SSSR count). The Hall–Kier alpha value is -2.29. The maximum Gasteiger partial charge on any atom is 0.228 e. The number of ether oxygens (including phenoxy) is 1. The first kappa shape index (κ1) is 16.1. The van der Waals surface area contributed by atoms with E-state index in [1.807, 2.05) is 55.5 Å². The molecule has 116 valence electrons. The third kappa shape index (κ3) is 4.92. The summed E-state index contributed by atoms with van der Waals surface area (Å²) in [6, 6.07) is 15.5. The molecule has 22 heavy (non-hydrogen) atoms. The van der Waals surface area contributed by atoms with Crippen LogP contribution in [-0.2, 0) is 11.2 Å². The van der Waals surface area contributed by atoms with Gasteiger partial charge in [-0.3, -0.25) is 4.79 Å². The van der Waals surface area contributed by atoms with E-state index in [0.29, 0.717) is 6.42 Å². The molecule has 0 unspecified atom stereocenters. The molecule has 0 saturated carbocycles. The largest absolute Gasteiger partial charge is 0.494 e. The van der Waals surface area contributed by atoms with Gasteiger partial charge in [-0.2, -0.15) is 0 Å². The summed E-state index contributed by atoms with van der Waals surface area (Å²) in [5.74, 6) is 0.848. The molecule has 0 saturated heterocycles. The summed E-state index contributed by atoms with van der Waals surface area (Å²) >= 11 is 0. The number of nitrogens with one attached hydrogen (secondary N) is 1. The lowest BCUT2D eigenvalue weighted by atomic mass is 10.1. The number of carbonyl (C=O) groups is 1. The van der Waals surface area contributed by atoms with Gasteiger partial charge in [0.15, 0.2) is 0 Å². The van der Waals surface area contributed by atoms with Crippen LogP contribution in [0, 0.1) is 6.92 Å². The minimum atomic E-state index is -0.00560. The van der Waals surface area contributed by atoms with Gasteiger partial charge in [-0.15, -0.1) is 0 Å². The lowest BCUT2D eigenvalue weighted by molar-refractivity contribution is -0.115. The molecule has 0 fully saturated rings. The smallest absolute Gasteiger partial charge is 0.228 e. The molecule has 0 spiro atoms. The standard InChI is InChI=1S/C19H23NO2/c1-3-4-12-22-17-10-11-18(15(2)13-17)20-19(21)14-16-8-6-5-7-9-16/h5-11,13H,3-4,12,14H2,1-2H3,(H,20,21). The first-order chi connectivity index (χ1) is 10.7. The number of anilines is 1. The van der Waals surface area contributed by atoms with Crippen LogP contribution in [-0.4, -0.2) is 12.5 Å². The van der Waals surface area contributed by atoms with Crippen LogP contribution in [0.5, 0.6) is 5.75 Å². The molecule has 0 aliphatic rings. The highest BCUT2D eigenvalue weighted by Gasteiger charge is 2.07. The van der Waals surface area contributed by atoms with Crippen molar-refractivity contribution in [2.75, 3.05) is 11.9 Å². The number of hydrogen-bond acceptors (Lipinski definition) is 2. The maximum absolute atomic E-state index is 12.1. The number of amides is 1. The average Bonchev–Trinajstić information content (AvgIpc) is 2.51. The normalized spacial score (nSPS) is 10.3. The molecule has 3 nitrogen and oxygen atoms in total. The van der Waals surface area contributed by atoms with Crippen LogP contribution >= 0.6 is 0 Å². The zero-order valence-electron chi connectivity index (χ0n) is 13.3. The Morgan fingerprint density at radius 1 is 1.14 bits per heavy atom. The van der Waals surface area contributed by atoms with Crippen LogP contribution in [0.25, 0.3) is 0 Å². The summed E-state index contributed by atoms with van der Waals surface area (Å²) in [5, 5.41) is 2.96. The van der Waals surface area contributed by atoms with Gasteiger partial charge < -0.3 is 10.1 Å². The molecule has 3 heteroatoms. The quantitative estimate of drug-likeness (QED) is 0.771. The van der Waals surface area contributed by atoms with E-state index in [9.17, 15) is 4.79 Å². The van der Waals surface area contributed by atoms with Crippen LogP contribution in [0.15, 0.2) is 48.5 Å². The van der Waals surface area contributed by atoms with Gasteiger partial charge in [0.2, 0.25) is 5.91 Å². The van der Waals surface area contributed by atoms with Crippen LogP contribution in [0.2, 0.25) is 0 Å². The monoisotopic (exact) mass is 297 g/mol. The fraction of sp³-hybridized carbons (Fsp3) is 0.316. The SMILES string of the molecule is CCCCOc1ccc(NC(=O)Cc2ccccc2)c(C)c1. The fourth-order valence-corrected chi connectivity index (χ4v) is 2.18. The Morgan fingerprint density at radius 3 is 2.59 bits per heavy atom. The van der Waals surface area contributed by atoms with Gasteiger partial charge in [-0.25, -0.2) is 0 Å². The van der Waals surface area contributed by atoms with Crippen molar-refractivity contribution in [3.8, 4) is 5.75 Å². The van der Waals surface area contributed by atoms with Crippen LogP contribution in [0.4, 0.5) is 5.69 Å². The lowest BCUT2D eigenvalue weighted by Crippen LogP contribution is -2.15. The fourth-order valence-electron chi connectivity index (χ4n) is 2.18. The van der Waals surface area contributed by atoms with Gasteiger partial charge in [-0.1, -0.05) is 43.7 Å². The Morgan fingerprint density at radius 2 is 1.91 bits per heavy atom. The molecule has 1 N–H and O–H groups in total. The van der Waals surface area contributed by atoms with E-state index >= 15 is 0 Å². The minimum Gasteiger partial charge on any atom is -0.494 e. The van der Waals surface area contributed by atoms with E-state index in [1.165, 1.54) is 0 Å². The Kier molecular flexibility index (Phi) is 6.01. The molecular weight excluding hydrogens is 274 g/mol. The maximum atomic E-state index is 12.1. The minimum absolute atomic E-state index is 0.00560. The summed E-state index contributed by atoms with van der Waals surface area (Å²) in [5.41, 5.74) is 2.86. The van der Waals surface area contributed by atoms with E-state index in [1.54, 1.807) is 0 Å². The molecule has 2 aromatic rings. The number of hydrogen-bond donors (Lipinski definition) is 1. The van der Waals surface area contributed by atoms with Gasteiger partial charge >= 0.3 is 0 Å². The van der Waals surface area contributed by atoms with Crippen molar-refractivity contribution in [1.29, 1.82) is 0 Å². The second-order valence-corrected chi connectivity index (χ2v) is 5.39. The van der Waals surface area contributed by atoms with E-state index in [-0.39, 0.29) is 5.91 Å². The van der Waals surface area contributed by atoms with Crippen LogP contribution in [0.3, 0.4) is 0 Å². The number of aryl methyl sites for hydroxylation is 1. The zero-order valence-corrected chi connectivity index (χ0v) is 13.3. The van der Waals surface area contributed by atoms with Gasteiger partial charge in [0, 0.05) is 5.69 Å². The topological polar surface area (TPSA) is 38.3 Å². The van der Waals surface area contributed by atoms with Crippen molar-refractivity contribution < 1.29 is 9.53 Å². The first-order valence-corrected chi connectivity index (χ1v) is 7.76. The Labute approximate surface area is 132 Å². The van der Waals surface area contributed by atoms with Gasteiger partial charge in [-0.05, 0) is 42.7 Å². The molecular formula is C19H23NO2. The van der Waals surface area contributed by atoms with Crippen molar-refractivity contribution in [1.82, 2.24) is 0 Å². The average molecular weight is 297 g/mol. The van der Waals surface area contributed by atoms with Crippen LogP contribution < -0.4 is 10.1 Å². The molecule has 0 heterocycles. The van der Waals surface area contributed by atoms with Crippen molar-refractivity contribution in [3.05, 3.63) is 59.7 Å². The van der Waals surface area contributed by atoms with Gasteiger partial charge in [0.1, 0.15) is 5.75 Å². The van der Waals surface area contributed by atoms with Crippen molar-refractivity contribution in [2.45, 2.75) is 33.1 Å². The number of unbranched alkanes of at least 4 members (excludes halogenated alkanes) is 1. The predicted molar refractivity (Wildman–Crippen MR) is 90.4 cm³/mol. The summed E-state index contributed by atoms with van der Waals surface area (Å²) in [6.45, 7) is 4.85. The molecule has 0 aliphatic heterocycles. The molecule has 0 radical (unpaired) electrons. The van der Waals surface area contributed by atoms with Crippen LogP contribution in [0.1, 0.15) is 30.9 Å². The highest BCUT2D eigenvalue weighted by Crippen LogP contribution is 2.21. The summed E-state index contributed by atoms with van der Waals surface area (Å²) in [6.07, 6.45) is 2.55. The molecule has 0 atom stereocenters. The highest BCUT2D eigenvalue weighted by molar-refractivity contribution is 5.93. The third-order valence-electron chi connectivity index (χ3n) is 3.45. The van der Waals surface area contributed by atoms with E-state index in [4.69, 9.17) is 4.74 Å². The third-order valence-corrected chi connectivity index (χ3v) is 3.45. The number of carbonyl (C=O) groups excluding carboxylic acids is 1. The van der Waals surface area contributed by atoms with Crippen molar-refractivity contribution in [3.63, 3.8) is 0 Å². The van der Waals surface area contributed by atoms with Crippen molar-refractivity contribution >= 4 is 11.6 Å². The van der Waals surface area contributed by atoms with Gasteiger partial charge in [0.05, 0.1) is 13.0 Å². The zero-order chi connectivity index (χ0) is 15.8. The molecule has 0 aliphatic carbocycles. The molecule has 2 aromatic carbocycles. The van der Waals surface area contributed by atoms with E-state index in [2.05, 4.69) is 12.2 Å². The van der Waals surface area contributed by atoms with E-state index in [0.717, 1.165) is 42.0 Å². The van der Waals surface area contributed by atoms with Gasteiger partial charge in [0.25, 0.3) is 0 Å². The van der Waals surface area contributed by atoms with E-state index < -0.39 is 0 Å². The summed E-state index contributed by atoms with van der Waals surface area (Å²) < 4.78 is 5.67. The number of benzene rings is 2. The molecule has 0 aromatic heterocycles. The second-order valence-electron chi connectivity index (χ2n) is 5.39. The molecule has 0 bridgehead atoms. The lowest BCUT2D eigenvalue weighted by Gasteiger charge is -2.11. The molecule has 1 amide bonds. The Balaban J connectivity index is 1.93. The highest BCUT2D eigenvalue weighted by atomic mass is 16.5. The second kappa shape index (κ2) is 8.23. The summed E-state index contributed by atoms with van der Waals surface area (Å²) in [4.78, 5) is 12.1. The first-order valence-electron chi connectivity index (χ1n) is 7.76. The predicted octanol–water partition coefficient (Wildman–Crippen LogP) is 4.36. The summed E-state index contributed by atoms with van der Waals surface area (Å²) in [7, 11) is 0. The number of rotatable bonds is 7. The Bertz CT molecular complexity index is 608. The van der Waals surface area contributed by atoms with Crippen molar-refractivity contribution in [2.24, 2.45) is 0 Å².